The Bertz CT molecular complexity index is 1200. The first-order valence-electron chi connectivity index (χ1n) is 9.90. The molecule has 3 aromatic rings. The molecule has 164 valence electrons. The first-order chi connectivity index (χ1) is 15.6. The summed E-state index contributed by atoms with van der Waals surface area (Å²) in [7, 11) is 3.17. The third kappa shape index (κ3) is 4.56. The monoisotopic (exact) mass is 467 g/mol. The summed E-state index contributed by atoms with van der Waals surface area (Å²) in [6, 6.07) is 9.38. The van der Waals surface area contributed by atoms with Gasteiger partial charge in [0, 0.05) is 22.6 Å². The molecule has 1 aromatic carbocycles. The molecule has 0 N–H and O–H groups in total. The normalized spacial score (nSPS) is 12.8. The summed E-state index contributed by atoms with van der Waals surface area (Å²) in [5.74, 6) is 1.08. The molecule has 0 saturated heterocycles. The van der Waals surface area contributed by atoms with E-state index in [1.165, 1.54) is 23.1 Å². The van der Waals surface area contributed by atoms with E-state index in [9.17, 15) is 10.1 Å². The van der Waals surface area contributed by atoms with Crippen molar-refractivity contribution in [3.8, 4) is 28.1 Å². The van der Waals surface area contributed by atoms with E-state index in [4.69, 9.17) is 14.2 Å². The van der Waals surface area contributed by atoms with Gasteiger partial charge in [0.1, 0.15) is 22.7 Å². The maximum Gasteiger partial charge on any atom is 0.340 e. The van der Waals surface area contributed by atoms with Crippen LogP contribution in [-0.4, -0.2) is 36.4 Å². The lowest BCUT2D eigenvalue weighted by Gasteiger charge is -2.10. The molecule has 0 atom stereocenters. The van der Waals surface area contributed by atoms with Crippen LogP contribution in [0, 0.1) is 11.3 Å². The molecule has 1 fully saturated rings. The fourth-order valence-corrected chi connectivity index (χ4v) is 4.60. The molecule has 2 aromatic heterocycles. The van der Waals surface area contributed by atoms with Crippen LogP contribution >= 0.6 is 23.1 Å². The van der Waals surface area contributed by atoms with Gasteiger partial charge in [0.15, 0.2) is 11.5 Å². The number of ether oxygens (including phenoxy) is 3. The second-order valence-corrected chi connectivity index (χ2v) is 8.81. The van der Waals surface area contributed by atoms with Gasteiger partial charge in [-0.25, -0.2) is 14.8 Å². The number of carbonyl (C=O) groups is 1. The predicted molar refractivity (Wildman–Crippen MR) is 122 cm³/mol. The van der Waals surface area contributed by atoms with E-state index < -0.39 is 5.97 Å². The Kier molecular flexibility index (Phi) is 6.63. The first-order valence-corrected chi connectivity index (χ1v) is 12.0. The average molecular weight is 468 g/mol. The number of thiazole rings is 1. The van der Waals surface area contributed by atoms with E-state index in [2.05, 4.69) is 16.0 Å². The molecule has 0 amide bonds. The third-order valence-electron chi connectivity index (χ3n) is 5.06. The fraction of sp³-hybridized carbons (Fsp3) is 0.304. The molecule has 1 saturated carbocycles. The highest BCUT2D eigenvalue weighted by Gasteiger charge is 2.29. The summed E-state index contributed by atoms with van der Waals surface area (Å²) in [4.78, 5) is 22.0. The van der Waals surface area contributed by atoms with Crippen LogP contribution in [0.25, 0.3) is 10.6 Å². The van der Waals surface area contributed by atoms with Crippen molar-refractivity contribution in [3.63, 3.8) is 0 Å². The Morgan fingerprint density at radius 3 is 2.66 bits per heavy atom. The Morgan fingerprint density at radius 1 is 1.22 bits per heavy atom. The number of aromatic nitrogens is 2. The smallest absolute Gasteiger partial charge is 0.340 e. The van der Waals surface area contributed by atoms with Crippen molar-refractivity contribution < 1.29 is 19.0 Å². The van der Waals surface area contributed by atoms with E-state index in [0.29, 0.717) is 28.1 Å². The molecule has 32 heavy (non-hydrogen) atoms. The van der Waals surface area contributed by atoms with E-state index >= 15 is 0 Å². The summed E-state index contributed by atoms with van der Waals surface area (Å²) >= 11 is 2.81. The Labute approximate surface area is 194 Å². The van der Waals surface area contributed by atoms with Crippen LogP contribution in [0.15, 0.2) is 34.7 Å². The van der Waals surface area contributed by atoms with Gasteiger partial charge in [0.2, 0.25) is 0 Å². The van der Waals surface area contributed by atoms with Gasteiger partial charge >= 0.3 is 5.97 Å². The van der Waals surface area contributed by atoms with Gasteiger partial charge in [-0.15, -0.1) is 23.1 Å². The minimum atomic E-state index is -0.540. The number of nitriles is 1. The van der Waals surface area contributed by atoms with E-state index in [0.717, 1.165) is 29.1 Å². The fourth-order valence-electron chi connectivity index (χ4n) is 3.24. The second kappa shape index (κ2) is 9.59. The lowest BCUT2D eigenvalue weighted by atomic mass is 10.1. The molecule has 7 nitrogen and oxygen atoms in total. The quantitative estimate of drug-likeness (QED) is 0.336. The van der Waals surface area contributed by atoms with Gasteiger partial charge in [-0.1, -0.05) is 0 Å². The molecule has 2 heterocycles. The minimum Gasteiger partial charge on any atom is -0.493 e. The number of thioether (sulfide) groups is 1. The van der Waals surface area contributed by atoms with E-state index in [1.54, 1.807) is 20.3 Å². The Morgan fingerprint density at radius 2 is 2.00 bits per heavy atom. The van der Waals surface area contributed by atoms with Crippen LogP contribution in [0.5, 0.6) is 11.5 Å². The lowest BCUT2D eigenvalue weighted by Crippen LogP contribution is -2.10. The number of methoxy groups -OCH3 is 2. The van der Waals surface area contributed by atoms with Gasteiger partial charge in [-0.3, -0.25) is 0 Å². The molecule has 1 aliphatic rings. The predicted octanol–water partition coefficient (Wildman–Crippen LogP) is 5.05. The minimum absolute atomic E-state index is 0.0170. The van der Waals surface area contributed by atoms with E-state index in [-0.39, 0.29) is 17.7 Å². The molecule has 0 aliphatic heterocycles. The van der Waals surface area contributed by atoms with Crippen molar-refractivity contribution >= 4 is 29.1 Å². The van der Waals surface area contributed by atoms with Crippen LogP contribution in [-0.2, 0) is 11.3 Å². The van der Waals surface area contributed by atoms with Crippen LogP contribution in [0.3, 0.4) is 0 Å². The van der Waals surface area contributed by atoms with Crippen molar-refractivity contribution in [3.05, 3.63) is 52.2 Å². The van der Waals surface area contributed by atoms with Crippen molar-refractivity contribution in [2.24, 2.45) is 0 Å². The van der Waals surface area contributed by atoms with Crippen LogP contribution in [0.4, 0.5) is 0 Å². The number of carbonyl (C=O) groups excluding carboxylic acids is 1. The third-order valence-corrected chi connectivity index (χ3v) is 6.68. The van der Waals surface area contributed by atoms with E-state index in [1.807, 2.05) is 29.8 Å². The maximum atomic E-state index is 12.8. The molecule has 0 unspecified atom stereocenters. The number of benzene rings is 1. The summed E-state index contributed by atoms with van der Waals surface area (Å²) in [5.41, 5.74) is 2.89. The zero-order valence-electron chi connectivity index (χ0n) is 17.9. The van der Waals surface area contributed by atoms with Crippen molar-refractivity contribution in [1.29, 1.82) is 5.26 Å². The highest BCUT2D eigenvalue weighted by atomic mass is 32.2. The van der Waals surface area contributed by atoms with Crippen molar-refractivity contribution in [1.82, 2.24) is 9.97 Å². The number of rotatable bonds is 8. The van der Waals surface area contributed by atoms with Gasteiger partial charge in [0.25, 0.3) is 0 Å². The molecule has 0 spiro atoms. The van der Waals surface area contributed by atoms with Crippen LogP contribution < -0.4 is 9.47 Å². The largest absolute Gasteiger partial charge is 0.493 e. The molecule has 4 rings (SSSR count). The highest BCUT2D eigenvalue weighted by Crippen LogP contribution is 2.41. The summed E-state index contributed by atoms with van der Waals surface area (Å²) < 4.78 is 16.1. The zero-order valence-corrected chi connectivity index (χ0v) is 19.5. The second-order valence-electron chi connectivity index (χ2n) is 7.15. The van der Waals surface area contributed by atoms with Crippen LogP contribution in [0.2, 0.25) is 0 Å². The standard InChI is InChI=1S/C23H21N3O4S2/c1-28-19-7-6-14(8-20(19)29-2)21-25-15(12-32-21)11-30-23(27)16-9-18(13-4-5-13)26-22(31-3)17(16)10-24/h6-9,12-13H,4-5,11H2,1-3H3. The number of hydrogen-bond acceptors (Lipinski definition) is 9. The van der Waals surface area contributed by atoms with Gasteiger partial charge in [-0.2, -0.15) is 5.26 Å². The molecule has 0 radical (unpaired) electrons. The van der Waals surface area contributed by atoms with Crippen molar-refractivity contribution in [2.75, 3.05) is 20.5 Å². The lowest BCUT2D eigenvalue weighted by molar-refractivity contribution is 0.0467. The number of pyridine rings is 1. The Hall–Kier alpha value is -3.09. The summed E-state index contributed by atoms with van der Waals surface area (Å²) in [6.07, 6.45) is 3.96. The first kappa shape index (κ1) is 22.1. The summed E-state index contributed by atoms with van der Waals surface area (Å²) in [5, 5.41) is 12.8. The van der Waals surface area contributed by atoms with Gasteiger partial charge in [-0.05, 0) is 43.4 Å². The van der Waals surface area contributed by atoms with Gasteiger partial charge in [0.05, 0.1) is 31.0 Å². The van der Waals surface area contributed by atoms with Gasteiger partial charge < -0.3 is 14.2 Å². The Balaban J connectivity index is 1.51. The maximum absolute atomic E-state index is 12.8. The molecular formula is C23H21N3O4S2. The average Bonchev–Trinajstić information content (AvgIpc) is 3.58. The molecule has 9 heteroatoms. The molecule has 1 aliphatic carbocycles. The number of esters is 1. The van der Waals surface area contributed by atoms with Crippen molar-refractivity contribution in [2.45, 2.75) is 30.4 Å². The topological polar surface area (TPSA) is 94.3 Å². The highest BCUT2D eigenvalue weighted by molar-refractivity contribution is 7.98. The van der Waals surface area contributed by atoms with Crippen LogP contribution in [0.1, 0.15) is 46.1 Å². The zero-order chi connectivity index (χ0) is 22.7. The number of nitrogens with zero attached hydrogens (tertiary/aromatic N) is 3. The number of hydrogen-bond donors (Lipinski definition) is 0. The molecule has 0 bridgehead atoms. The molecular weight excluding hydrogens is 446 g/mol. The summed E-state index contributed by atoms with van der Waals surface area (Å²) in [6.45, 7) is 0.0170. The SMILES string of the molecule is COc1ccc(-c2nc(COC(=O)c3cc(C4CC4)nc(SC)c3C#N)cs2)cc1OC.